The molecular formula is C13H17F3N2O. The normalized spacial score (nSPS) is 18.9. The van der Waals surface area contributed by atoms with E-state index in [1.807, 2.05) is 18.2 Å². The number of hydrogen-bond donors (Lipinski definition) is 0. The highest BCUT2D eigenvalue weighted by Gasteiger charge is 2.30. The van der Waals surface area contributed by atoms with Crippen LogP contribution >= 0.6 is 0 Å². The van der Waals surface area contributed by atoms with Gasteiger partial charge in [-0.2, -0.15) is 18.4 Å². The molecular weight excluding hydrogens is 257 g/mol. The van der Waals surface area contributed by atoms with Crippen LogP contribution in [0.15, 0.2) is 12.2 Å². The molecule has 6 heteroatoms. The SMILES string of the molecule is N#CCCN(CCC(F)(F)F)C(=O)C1CC=CCC1. The van der Waals surface area contributed by atoms with E-state index in [-0.39, 0.29) is 31.3 Å². The summed E-state index contributed by atoms with van der Waals surface area (Å²) in [6, 6.07) is 1.86. The van der Waals surface area contributed by atoms with Crippen LogP contribution in [0.2, 0.25) is 0 Å². The van der Waals surface area contributed by atoms with Gasteiger partial charge < -0.3 is 4.90 Å². The lowest BCUT2D eigenvalue weighted by Crippen LogP contribution is -2.39. The Labute approximate surface area is 110 Å². The Bertz CT molecular complexity index is 371. The van der Waals surface area contributed by atoms with Crippen LogP contribution in [0.3, 0.4) is 0 Å². The summed E-state index contributed by atoms with van der Waals surface area (Å²) in [5.74, 6) is -0.499. The average Bonchev–Trinajstić information content (AvgIpc) is 2.38. The van der Waals surface area contributed by atoms with Crippen molar-refractivity contribution in [1.29, 1.82) is 5.26 Å². The lowest BCUT2D eigenvalue weighted by atomic mass is 9.93. The summed E-state index contributed by atoms with van der Waals surface area (Å²) in [5, 5.41) is 8.51. The third-order valence-electron chi connectivity index (χ3n) is 3.09. The number of carbonyl (C=O) groups is 1. The molecule has 0 aromatic carbocycles. The Morgan fingerprint density at radius 2 is 2.11 bits per heavy atom. The first kappa shape index (κ1) is 15.5. The molecule has 1 atom stereocenters. The highest BCUT2D eigenvalue weighted by Crippen LogP contribution is 2.23. The van der Waals surface area contributed by atoms with E-state index in [0.717, 1.165) is 6.42 Å². The molecule has 3 nitrogen and oxygen atoms in total. The molecule has 106 valence electrons. The summed E-state index contributed by atoms with van der Waals surface area (Å²) in [7, 11) is 0. The van der Waals surface area contributed by atoms with Crippen LogP contribution < -0.4 is 0 Å². The van der Waals surface area contributed by atoms with Crippen molar-refractivity contribution in [3.63, 3.8) is 0 Å². The average molecular weight is 274 g/mol. The van der Waals surface area contributed by atoms with Crippen molar-refractivity contribution < 1.29 is 18.0 Å². The number of rotatable bonds is 5. The first-order chi connectivity index (χ1) is 8.94. The van der Waals surface area contributed by atoms with Crippen molar-refractivity contribution in [3.05, 3.63) is 12.2 Å². The Kier molecular flexibility index (Phi) is 5.87. The molecule has 0 N–H and O–H groups in total. The molecule has 0 saturated carbocycles. The number of allylic oxidation sites excluding steroid dienone is 2. The second kappa shape index (κ2) is 7.17. The number of halogens is 3. The Morgan fingerprint density at radius 3 is 2.63 bits per heavy atom. The monoisotopic (exact) mass is 274 g/mol. The topological polar surface area (TPSA) is 44.1 Å². The third-order valence-corrected chi connectivity index (χ3v) is 3.09. The third kappa shape index (κ3) is 5.77. The molecule has 1 unspecified atom stereocenters. The van der Waals surface area contributed by atoms with Crippen LogP contribution in [0.4, 0.5) is 13.2 Å². The molecule has 0 spiro atoms. The smallest absolute Gasteiger partial charge is 0.341 e. The molecule has 0 aromatic heterocycles. The van der Waals surface area contributed by atoms with Crippen LogP contribution in [-0.2, 0) is 4.79 Å². The van der Waals surface area contributed by atoms with E-state index in [1.165, 1.54) is 4.90 Å². The van der Waals surface area contributed by atoms with Gasteiger partial charge in [0.2, 0.25) is 5.91 Å². The van der Waals surface area contributed by atoms with Crippen molar-refractivity contribution in [2.24, 2.45) is 5.92 Å². The molecule has 0 saturated heterocycles. The van der Waals surface area contributed by atoms with Crippen LogP contribution in [0.25, 0.3) is 0 Å². The Hall–Kier alpha value is -1.51. The van der Waals surface area contributed by atoms with Gasteiger partial charge in [-0.3, -0.25) is 4.79 Å². The van der Waals surface area contributed by atoms with Gasteiger partial charge in [0.05, 0.1) is 18.9 Å². The molecule has 0 heterocycles. The fourth-order valence-electron chi connectivity index (χ4n) is 2.05. The Morgan fingerprint density at radius 1 is 1.37 bits per heavy atom. The van der Waals surface area contributed by atoms with E-state index in [9.17, 15) is 18.0 Å². The van der Waals surface area contributed by atoms with Gasteiger partial charge >= 0.3 is 6.18 Å². The van der Waals surface area contributed by atoms with E-state index in [2.05, 4.69) is 0 Å². The number of amides is 1. The van der Waals surface area contributed by atoms with Crippen LogP contribution in [0, 0.1) is 17.2 Å². The first-order valence-corrected chi connectivity index (χ1v) is 6.31. The van der Waals surface area contributed by atoms with Crippen molar-refractivity contribution in [3.8, 4) is 6.07 Å². The summed E-state index contributed by atoms with van der Waals surface area (Å²) in [5.41, 5.74) is 0. The van der Waals surface area contributed by atoms with E-state index in [4.69, 9.17) is 5.26 Å². The summed E-state index contributed by atoms with van der Waals surface area (Å²) >= 11 is 0. The Balaban J connectivity index is 2.59. The second-order valence-corrected chi connectivity index (χ2v) is 4.58. The van der Waals surface area contributed by atoms with Gasteiger partial charge in [0.15, 0.2) is 0 Å². The van der Waals surface area contributed by atoms with Crippen molar-refractivity contribution in [2.75, 3.05) is 13.1 Å². The van der Waals surface area contributed by atoms with Crippen molar-refractivity contribution in [2.45, 2.75) is 38.3 Å². The van der Waals surface area contributed by atoms with Crippen molar-refractivity contribution >= 4 is 5.91 Å². The summed E-state index contributed by atoms with van der Waals surface area (Å²) in [6.07, 6.45) is 0.647. The van der Waals surface area contributed by atoms with Gasteiger partial charge in [-0.1, -0.05) is 12.2 Å². The van der Waals surface area contributed by atoms with Gasteiger partial charge in [0.25, 0.3) is 0 Å². The molecule has 0 radical (unpaired) electrons. The van der Waals surface area contributed by atoms with Gasteiger partial charge in [0.1, 0.15) is 0 Å². The molecule has 1 aliphatic carbocycles. The van der Waals surface area contributed by atoms with E-state index in [0.29, 0.717) is 12.8 Å². The molecule has 1 amide bonds. The largest absolute Gasteiger partial charge is 0.390 e. The van der Waals surface area contributed by atoms with Crippen LogP contribution in [-0.4, -0.2) is 30.1 Å². The molecule has 0 fully saturated rings. The van der Waals surface area contributed by atoms with Gasteiger partial charge in [0, 0.05) is 19.0 Å². The molecule has 0 aromatic rings. The van der Waals surface area contributed by atoms with Gasteiger partial charge in [-0.25, -0.2) is 0 Å². The fraction of sp³-hybridized carbons (Fsp3) is 0.692. The lowest BCUT2D eigenvalue weighted by molar-refractivity contribution is -0.147. The first-order valence-electron chi connectivity index (χ1n) is 6.31. The van der Waals surface area contributed by atoms with E-state index in [1.54, 1.807) is 0 Å². The molecule has 0 bridgehead atoms. The molecule has 0 aliphatic heterocycles. The second-order valence-electron chi connectivity index (χ2n) is 4.58. The molecule has 19 heavy (non-hydrogen) atoms. The number of hydrogen-bond acceptors (Lipinski definition) is 2. The highest BCUT2D eigenvalue weighted by atomic mass is 19.4. The predicted octanol–water partition coefficient (Wildman–Crippen LogP) is 3.04. The number of carbonyl (C=O) groups excluding carboxylic acids is 1. The zero-order chi connectivity index (χ0) is 14.3. The number of nitrogens with zero attached hydrogens (tertiary/aromatic N) is 2. The quantitative estimate of drug-likeness (QED) is 0.723. The zero-order valence-corrected chi connectivity index (χ0v) is 10.6. The maximum absolute atomic E-state index is 12.2. The fourth-order valence-corrected chi connectivity index (χ4v) is 2.05. The molecule has 1 rings (SSSR count). The van der Waals surface area contributed by atoms with E-state index >= 15 is 0 Å². The van der Waals surface area contributed by atoms with E-state index < -0.39 is 12.6 Å². The highest BCUT2D eigenvalue weighted by molar-refractivity contribution is 5.79. The number of nitriles is 1. The van der Waals surface area contributed by atoms with Gasteiger partial charge in [-0.05, 0) is 19.3 Å². The summed E-state index contributed by atoms with van der Waals surface area (Å²) in [6.45, 7) is -0.282. The zero-order valence-electron chi connectivity index (χ0n) is 10.6. The molecule has 1 aliphatic rings. The lowest BCUT2D eigenvalue weighted by Gasteiger charge is -2.27. The summed E-state index contributed by atoms with van der Waals surface area (Å²) < 4.78 is 36.7. The minimum atomic E-state index is -4.28. The minimum Gasteiger partial charge on any atom is -0.341 e. The predicted molar refractivity (Wildman–Crippen MR) is 64.0 cm³/mol. The maximum Gasteiger partial charge on any atom is 0.390 e. The van der Waals surface area contributed by atoms with Crippen LogP contribution in [0.1, 0.15) is 32.1 Å². The minimum absolute atomic E-state index is 0.0617. The van der Waals surface area contributed by atoms with Crippen molar-refractivity contribution in [1.82, 2.24) is 4.90 Å². The maximum atomic E-state index is 12.2. The standard InChI is InChI=1S/C13H17F3N2O/c14-13(15,16)7-10-18(9-4-8-17)12(19)11-5-2-1-3-6-11/h1-2,11H,3-7,9-10H2. The van der Waals surface area contributed by atoms with Crippen LogP contribution in [0.5, 0.6) is 0 Å². The number of alkyl halides is 3. The van der Waals surface area contributed by atoms with Gasteiger partial charge in [-0.15, -0.1) is 0 Å². The summed E-state index contributed by atoms with van der Waals surface area (Å²) in [4.78, 5) is 13.3.